The lowest BCUT2D eigenvalue weighted by atomic mass is 9.85. The fraction of sp³-hybridized carbons (Fsp3) is 0.714. The summed E-state index contributed by atoms with van der Waals surface area (Å²) in [5.74, 6) is 2.44. The van der Waals surface area contributed by atoms with Crippen molar-refractivity contribution in [1.82, 2.24) is 9.97 Å². The molecule has 2 aliphatic rings. The lowest BCUT2D eigenvalue weighted by molar-refractivity contribution is 0.341. The van der Waals surface area contributed by atoms with Gasteiger partial charge in [-0.3, -0.25) is 0 Å². The van der Waals surface area contributed by atoms with Gasteiger partial charge in [-0.2, -0.15) is 4.98 Å². The Hall–Kier alpha value is -1.03. The fourth-order valence-electron chi connectivity index (χ4n) is 3.47. The Bertz CT molecular complexity index is 451. The molecule has 104 valence electrons. The van der Waals surface area contributed by atoms with Gasteiger partial charge in [-0.05, 0) is 32.1 Å². The molecule has 1 aromatic rings. The molecular weight excluding hydrogens is 260 g/mol. The van der Waals surface area contributed by atoms with Crippen LogP contribution in [0.25, 0.3) is 0 Å². The van der Waals surface area contributed by atoms with E-state index in [1.54, 1.807) is 6.20 Å². The van der Waals surface area contributed by atoms with Crippen LogP contribution >= 0.6 is 11.6 Å². The van der Waals surface area contributed by atoms with Gasteiger partial charge in [-0.1, -0.05) is 24.4 Å². The molecule has 0 amide bonds. The third-order valence-electron chi connectivity index (χ3n) is 4.34. The zero-order valence-corrected chi connectivity index (χ0v) is 12.2. The monoisotopic (exact) mass is 280 g/mol. The van der Waals surface area contributed by atoms with Gasteiger partial charge in [0.15, 0.2) is 5.82 Å². The molecule has 2 unspecified atom stereocenters. The van der Waals surface area contributed by atoms with Crippen LogP contribution in [0.4, 0.5) is 11.8 Å². The molecule has 5 heteroatoms. The van der Waals surface area contributed by atoms with Gasteiger partial charge in [0, 0.05) is 19.1 Å². The van der Waals surface area contributed by atoms with Crippen molar-refractivity contribution in [1.29, 1.82) is 0 Å². The van der Waals surface area contributed by atoms with Gasteiger partial charge in [0.25, 0.3) is 0 Å². The normalized spacial score (nSPS) is 26.3. The Morgan fingerprint density at radius 1 is 1.37 bits per heavy atom. The zero-order chi connectivity index (χ0) is 13.2. The van der Waals surface area contributed by atoms with Crippen molar-refractivity contribution >= 4 is 23.4 Å². The van der Waals surface area contributed by atoms with Crippen molar-refractivity contribution in [3.05, 3.63) is 11.2 Å². The van der Waals surface area contributed by atoms with E-state index in [1.165, 1.54) is 32.1 Å². The third-order valence-corrected chi connectivity index (χ3v) is 4.61. The second kappa shape index (κ2) is 5.53. The molecule has 2 atom stereocenters. The quantitative estimate of drug-likeness (QED) is 0.922. The average molecular weight is 281 g/mol. The molecule has 0 aromatic carbocycles. The predicted octanol–water partition coefficient (Wildman–Crippen LogP) is 3.33. The summed E-state index contributed by atoms with van der Waals surface area (Å²) in [7, 11) is 0. The maximum atomic E-state index is 6.31. The highest BCUT2D eigenvalue weighted by atomic mass is 35.5. The number of nitrogens with zero attached hydrogens (tertiary/aromatic N) is 3. The molecule has 1 saturated heterocycles. The summed E-state index contributed by atoms with van der Waals surface area (Å²) in [4.78, 5) is 11.2. The molecule has 2 fully saturated rings. The van der Waals surface area contributed by atoms with Crippen molar-refractivity contribution in [2.24, 2.45) is 5.92 Å². The third kappa shape index (κ3) is 2.50. The Morgan fingerprint density at radius 3 is 3.05 bits per heavy atom. The first-order valence-electron chi connectivity index (χ1n) is 7.32. The van der Waals surface area contributed by atoms with Crippen LogP contribution in [-0.2, 0) is 0 Å². The van der Waals surface area contributed by atoms with Crippen LogP contribution in [0.5, 0.6) is 0 Å². The highest BCUT2D eigenvalue weighted by Crippen LogP contribution is 2.40. The second-order valence-corrected chi connectivity index (χ2v) is 5.90. The molecule has 1 aromatic heterocycles. The van der Waals surface area contributed by atoms with Gasteiger partial charge in [0.1, 0.15) is 5.02 Å². The topological polar surface area (TPSA) is 41.1 Å². The molecule has 0 bridgehead atoms. The molecule has 1 aliphatic carbocycles. The number of fused-ring (bicyclic) bond motifs is 1. The summed E-state index contributed by atoms with van der Waals surface area (Å²) in [5, 5.41) is 3.84. The van der Waals surface area contributed by atoms with E-state index in [4.69, 9.17) is 11.6 Å². The van der Waals surface area contributed by atoms with Gasteiger partial charge in [-0.25, -0.2) is 4.98 Å². The van der Waals surface area contributed by atoms with E-state index in [9.17, 15) is 0 Å². The highest BCUT2D eigenvalue weighted by molar-refractivity contribution is 6.32. The van der Waals surface area contributed by atoms with Crippen LogP contribution in [0.3, 0.4) is 0 Å². The van der Waals surface area contributed by atoms with Crippen molar-refractivity contribution in [3.8, 4) is 0 Å². The average Bonchev–Trinajstić information content (AvgIpc) is 2.85. The van der Waals surface area contributed by atoms with Crippen LogP contribution < -0.4 is 10.2 Å². The lowest BCUT2D eigenvalue weighted by Gasteiger charge is -2.32. The first-order chi connectivity index (χ1) is 9.29. The van der Waals surface area contributed by atoms with Crippen molar-refractivity contribution in [3.63, 3.8) is 0 Å². The van der Waals surface area contributed by atoms with Crippen LogP contribution in [0.2, 0.25) is 5.02 Å². The number of anilines is 2. The van der Waals surface area contributed by atoms with Gasteiger partial charge in [0.05, 0.1) is 6.20 Å². The minimum absolute atomic E-state index is 0.635. The zero-order valence-electron chi connectivity index (χ0n) is 11.4. The van der Waals surface area contributed by atoms with E-state index < -0.39 is 0 Å². The molecular formula is C14H21ClN4. The van der Waals surface area contributed by atoms with Crippen molar-refractivity contribution < 1.29 is 0 Å². The molecule has 1 saturated carbocycles. The molecule has 1 aliphatic heterocycles. The second-order valence-electron chi connectivity index (χ2n) is 5.49. The summed E-state index contributed by atoms with van der Waals surface area (Å²) in [6.07, 6.45) is 8.36. The Balaban J connectivity index is 1.86. The number of aromatic nitrogens is 2. The van der Waals surface area contributed by atoms with Gasteiger partial charge in [-0.15, -0.1) is 0 Å². The fourth-order valence-corrected chi connectivity index (χ4v) is 3.67. The maximum Gasteiger partial charge on any atom is 0.224 e. The van der Waals surface area contributed by atoms with Crippen molar-refractivity contribution in [2.45, 2.75) is 45.1 Å². The van der Waals surface area contributed by atoms with Crippen molar-refractivity contribution in [2.75, 3.05) is 23.3 Å². The number of halogens is 1. The number of hydrogen-bond donors (Lipinski definition) is 1. The summed E-state index contributed by atoms with van der Waals surface area (Å²) in [5.41, 5.74) is 0. The maximum absolute atomic E-state index is 6.31. The van der Waals surface area contributed by atoms with E-state index in [1.807, 2.05) is 6.92 Å². The molecule has 1 N–H and O–H groups in total. The molecule has 0 radical (unpaired) electrons. The molecule has 2 heterocycles. The predicted molar refractivity (Wildman–Crippen MR) is 78.9 cm³/mol. The SMILES string of the molecule is CCNc1ncc(Cl)c(N2CCC3CCCCC32)n1. The van der Waals surface area contributed by atoms with Crippen LogP contribution in [0.15, 0.2) is 6.20 Å². The summed E-state index contributed by atoms with van der Waals surface area (Å²) < 4.78 is 0. The largest absolute Gasteiger partial charge is 0.354 e. The number of hydrogen-bond acceptors (Lipinski definition) is 4. The number of rotatable bonds is 3. The first kappa shape index (κ1) is 13.0. The Labute approximate surface area is 119 Å². The molecule has 3 rings (SSSR count). The van der Waals surface area contributed by atoms with E-state index in [0.717, 1.165) is 24.8 Å². The Kier molecular flexibility index (Phi) is 3.78. The lowest BCUT2D eigenvalue weighted by Crippen LogP contribution is -2.35. The van der Waals surface area contributed by atoms with E-state index in [2.05, 4.69) is 20.2 Å². The molecule has 0 spiro atoms. The van der Waals surface area contributed by atoms with Gasteiger partial charge in [0.2, 0.25) is 5.95 Å². The molecule has 4 nitrogen and oxygen atoms in total. The minimum Gasteiger partial charge on any atom is -0.354 e. The molecule has 19 heavy (non-hydrogen) atoms. The van der Waals surface area contributed by atoms with Crippen LogP contribution in [0.1, 0.15) is 39.0 Å². The number of nitrogens with one attached hydrogen (secondary N) is 1. The van der Waals surface area contributed by atoms with E-state index in [0.29, 0.717) is 17.0 Å². The van der Waals surface area contributed by atoms with Crippen LogP contribution in [-0.4, -0.2) is 29.1 Å². The standard InChI is InChI=1S/C14H21ClN4/c1-2-16-14-17-9-11(15)13(18-14)19-8-7-10-5-3-4-6-12(10)19/h9-10,12H,2-8H2,1H3,(H,16,17,18). The summed E-state index contributed by atoms with van der Waals surface area (Å²) in [6, 6.07) is 0.635. The summed E-state index contributed by atoms with van der Waals surface area (Å²) in [6.45, 7) is 3.95. The van der Waals surface area contributed by atoms with E-state index in [-0.39, 0.29) is 0 Å². The van der Waals surface area contributed by atoms with Gasteiger partial charge >= 0.3 is 0 Å². The minimum atomic E-state index is 0.635. The summed E-state index contributed by atoms with van der Waals surface area (Å²) >= 11 is 6.31. The van der Waals surface area contributed by atoms with Gasteiger partial charge < -0.3 is 10.2 Å². The van der Waals surface area contributed by atoms with E-state index >= 15 is 0 Å². The van der Waals surface area contributed by atoms with Crippen LogP contribution in [0, 0.1) is 5.92 Å². The smallest absolute Gasteiger partial charge is 0.224 e. The highest BCUT2D eigenvalue weighted by Gasteiger charge is 2.37. The Morgan fingerprint density at radius 2 is 2.21 bits per heavy atom. The first-order valence-corrected chi connectivity index (χ1v) is 7.70.